The third-order valence-electron chi connectivity index (χ3n) is 7.36. The maximum atomic E-state index is 15.2. The third kappa shape index (κ3) is 8.63. The fraction of sp³-hybridized carbons (Fsp3) is 0.235. The average Bonchev–Trinajstić information content (AvgIpc) is 3.03. The van der Waals surface area contributed by atoms with E-state index in [9.17, 15) is 18.0 Å². The van der Waals surface area contributed by atoms with Gasteiger partial charge < -0.3 is 10.2 Å². The standard InChI is InChI=1S/C34H34Cl2FN3O4S/c1-3-24(2)38-34(42)32(20-25-12-6-4-7-13-25)39(22-26-18-19-27(35)21-29(26)36)33(41)23-40(31-17-11-10-16-30(31)37)45(43,44)28-14-8-5-9-15-28/h4-19,21,24,32H,3,20,22-23H2,1-2H3,(H,38,42)/t24-,32+/m1/s1. The molecule has 0 unspecified atom stereocenters. The van der Waals surface area contributed by atoms with Crippen LogP contribution >= 0.6 is 23.2 Å². The van der Waals surface area contributed by atoms with Gasteiger partial charge in [0.2, 0.25) is 11.8 Å². The number of nitrogens with zero attached hydrogens (tertiary/aromatic N) is 2. The Bertz CT molecular complexity index is 1730. The summed E-state index contributed by atoms with van der Waals surface area (Å²) in [5, 5.41) is 3.62. The number of hydrogen-bond donors (Lipinski definition) is 1. The number of nitrogens with one attached hydrogen (secondary N) is 1. The van der Waals surface area contributed by atoms with E-state index in [-0.39, 0.29) is 34.6 Å². The number of rotatable bonds is 13. The molecule has 0 fully saturated rings. The van der Waals surface area contributed by atoms with E-state index in [2.05, 4.69) is 5.32 Å². The molecule has 0 saturated carbocycles. The lowest BCUT2D eigenvalue weighted by atomic mass is 10.0. The molecule has 1 N–H and O–H groups in total. The Hall–Kier alpha value is -3.92. The molecule has 45 heavy (non-hydrogen) atoms. The van der Waals surface area contributed by atoms with E-state index in [4.69, 9.17) is 23.2 Å². The number of hydrogen-bond acceptors (Lipinski definition) is 4. The summed E-state index contributed by atoms with van der Waals surface area (Å²) in [7, 11) is -4.42. The second-order valence-electron chi connectivity index (χ2n) is 10.6. The number of amides is 2. The summed E-state index contributed by atoms with van der Waals surface area (Å²) in [6, 6.07) is 25.5. The van der Waals surface area contributed by atoms with E-state index < -0.39 is 40.2 Å². The highest BCUT2D eigenvalue weighted by Gasteiger charge is 2.36. The zero-order chi connectivity index (χ0) is 32.6. The normalized spacial score (nSPS) is 12.6. The summed E-state index contributed by atoms with van der Waals surface area (Å²) < 4.78 is 43.8. The Kier molecular flexibility index (Phi) is 11.6. The third-order valence-corrected chi connectivity index (χ3v) is 9.72. The first-order valence-electron chi connectivity index (χ1n) is 14.4. The van der Waals surface area contributed by atoms with Gasteiger partial charge in [0.25, 0.3) is 10.0 Å². The van der Waals surface area contributed by atoms with Crippen molar-refractivity contribution in [3.05, 3.63) is 130 Å². The number of anilines is 1. The average molecular weight is 671 g/mol. The Morgan fingerprint density at radius 3 is 2.13 bits per heavy atom. The van der Waals surface area contributed by atoms with Crippen LogP contribution in [0.4, 0.5) is 10.1 Å². The summed E-state index contributed by atoms with van der Waals surface area (Å²) in [5.74, 6) is -1.98. The van der Waals surface area contributed by atoms with E-state index in [0.29, 0.717) is 17.0 Å². The van der Waals surface area contributed by atoms with Gasteiger partial charge in [0.15, 0.2) is 0 Å². The first-order chi connectivity index (χ1) is 21.5. The minimum atomic E-state index is -4.42. The van der Waals surface area contributed by atoms with Gasteiger partial charge in [-0.05, 0) is 60.9 Å². The van der Waals surface area contributed by atoms with E-state index in [1.165, 1.54) is 53.4 Å². The second kappa shape index (κ2) is 15.4. The highest BCUT2D eigenvalue weighted by molar-refractivity contribution is 7.92. The molecule has 0 aliphatic heterocycles. The molecule has 236 valence electrons. The molecular weight excluding hydrogens is 636 g/mol. The fourth-order valence-electron chi connectivity index (χ4n) is 4.72. The van der Waals surface area contributed by atoms with E-state index >= 15 is 4.39 Å². The Morgan fingerprint density at radius 1 is 0.889 bits per heavy atom. The van der Waals surface area contributed by atoms with Crippen LogP contribution in [0, 0.1) is 5.82 Å². The highest BCUT2D eigenvalue weighted by atomic mass is 35.5. The number of sulfonamides is 1. The molecule has 0 radical (unpaired) electrons. The topological polar surface area (TPSA) is 86.8 Å². The van der Waals surface area contributed by atoms with Crippen LogP contribution in [0.25, 0.3) is 0 Å². The van der Waals surface area contributed by atoms with Crippen LogP contribution in [0.3, 0.4) is 0 Å². The Labute approximate surface area is 273 Å². The molecule has 4 rings (SSSR count). The first kappa shape index (κ1) is 34.0. The molecule has 0 aliphatic carbocycles. The lowest BCUT2D eigenvalue weighted by Gasteiger charge is -2.34. The largest absolute Gasteiger partial charge is 0.352 e. The zero-order valence-electron chi connectivity index (χ0n) is 24.9. The predicted octanol–water partition coefficient (Wildman–Crippen LogP) is 6.88. The van der Waals surface area contributed by atoms with Crippen molar-refractivity contribution in [2.75, 3.05) is 10.8 Å². The van der Waals surface area contributed by atoms with Crippen molar-refractivity contribution < 1.29 is 22.4 Å². The van der Waals surface area contributed by atoms with Gasteiger partial charge in [0.05, 0.1) is 10.6 Å². The molecule has 4 aromatic carbocycles. The van der Waals surface area contributed by atoms with Crippen LogP contribution in [-0.4, -0.2) is 43.8 Å². The number of para-hydroxylation sites is 1. The van der Waals surface area contributed by atoms with Crippen molar-refractivity contribution in [1.29, 1.82) is 0 Å². The minimum absolute atomic E-state index is 0.122. The predicted molar refractivity (Wildman–Crippen MR) is 176 cm³/mol. The molecule has 2 atom stereocenters. The summed E-state index contributed by atoms with van der Waals surface area (Å²) in [6.07, 6.45) is 0.780. The molecule has 0 saturated heterocycles. The molecule has 0 spiro atoms. The quantitative estimate of drug-likeness (QED) is 0.168. The van der Waals surface area contributed by atoms with Crippen molar-refractivity contribution in [2.24, 2.45) is 0 Å². The van der Waals surface area contributed by atoms with Gasteiger partial charge in [-0.15, -0.1) is 0 Å². The summed E-state index contributed by atoms with van der Waals surface area (Å²) in [4.78, 5) is 29.5. The SMILES string of the molecule is CC[C@@H](C)NC(=O)[C@H](Cc1ccccc1)N(Cc1ccc(Cl)cc1Cl)C(=O)CN(c1ccccc1F)S(=O)(=O)c1ccccc1. The maximum Gasteiger partial charge on any atom is 0.264 e. The highest BCUT2D eigenvalue weighted by Crippen LogP contribution is 2.28. The molecular formula is C34H34Cl2FN3O4S. The van der Waals surface area contributed by atoms with Crippen LogP contribution in [0.2, 0.25) is 10.0 Å². The van der Waals surface area contributed by atoms with Gasteiger partial charge in [-0.1, -0.05) is 96.9 Å². The van der Waals surface area contributed by atoms with Gasteiger partial charge in [-0.3, -0.25) is 13.9 Å². The van der Waals surface area contributed by atoms with Crippen molar-refractivity contribution in [1.82, 2.24) is 10.2 Å². The number of halogens is 3. The van der Waals surface area contributed by atoms with Crippen molar-refractivity contribution in [3.63, 3.8) is 0 Å². The molecule has 2 amide bonds. The molecule has 0 bridgehead atoms. The molecule has 0 heterocycles. The summed E-state index contributed by atoms with van der Waals surface area (Å²) in [5.41, 5.74) is 0.972. The van der Waals surface area contributed by atoms with Crippen LogP contribution in [0.1, 0.15) is 31.4 Å². The van der Waals surface area contributed by atoms with Gasteiger partial charge in [0, 0.05) is 29.1 Å². The smallest absolute Gasteiger partial charge is 0.264 e. The first-order valence-corrected chi connectivity index (χ1v) is 16.6. The summed E-state index contributed by atoms with van der Waals surface area (Å²) >= 11 is 12.7. The van der Waals surface area contributed by atoms with Gasteiger partial charge in [-0.2, -0.15) is 0 Å². The monoisotopic (exact) mass is 669 g/mol. The fourth-order valence-corrected chi connectivity index (χ4v) is 6.63. The van der Waals surface area contributed by atoms with Crippen LogP contribution in [0.5, 0.6) is 0 Å². The summed E-state index contributed by atoms with van der Waals surface area (Å²) in [6.45, 7) is 2.85. The van der Waals surface area contributed by atoms with Crippen LogP contribution < -0.4 is 9.62 Å². The number of carbonyl (C=O) groups is 2. The molecule has 0 aromatic heterocycles. The minimum Gasteiger partial charge on any atom is -0.352 e. The van der Waals surface area contributed by atoms with Crippen molar-refractivity contribution >= 4 is 50.7 Å². The molecule has 4 aromatic rings. The second-order valence-corrected chi connectivity index (χ2v) is 13.3. The lowest BCUT2D eigenvalue weighted by molar-refractivity contribution is -0.140. The van der Waals surface area contributed by atoms with E-state index in [1.54, 1.807) is 18.2 Å². The molecule has 7 nitrogen and oxygen atoms in total. The molecule has 0 aliphatic rings. The van der Waals surface area contributed by atoms with Gasteiger partial charge in [0.1, 0.15) is 18.4 Å². The number of carbonyl (C=O) groups excluding carboxylic acids is 2. The van der Waals surface area contributed by atoms with Gasteiger partial charge in [-0.25, -0.2) is 12.8 Å². The van der Waals surface area contributed by atoms with Crippen molar-refractivity contribution in [2.45, 2.75) is 50.2 Å². The number of benzene rings is 4. The maximum absolute atomic E-state index is 15.2. The Balaban J connectivity index is 1.83. The van der Waals surface area contributed by atoms with Gasteiger partial charge >= 0.3 is 0 Å². The van der Waals surface area contributed by atoms with Crippen LogP contribution in [0.15, 0.2) is 108 Å². The lowest BCUT2D eigenvalue weighted by Crippen LogP contribution is -2.54. The van der Waals surface area contributed by atoms with E-state index in [0.717, 1.165) is 15.9 Å². The van der Waals surface area contributed by atoms with E-state index in [1.807, 2.05) is 44.2 Å². The zero-order valence-corrected chi connectivity index (χ0v) is 27.2. The van der Waals surface area contributed by atoms with Crippen molar-refractivity contribution in [3.8, 4) is 0 Å². The van der Waals surface area contributed by atoms with Crippen LogP contribution in [-0.2, 0) is 32.6 Å². The molecule has 11 heteroatoms. The Morgan fingerprint density at radius 2 is 1.51 bits per heavy atom.